The van der Waals surface area contributed by atoms with E-state index in [9.17, 15) is 9.59 Å². The van der Waals surface area contributed by atoms with E-state index in [0.717, 1.165) is 11.1 Å². The molecule has 0 aliphatic carbocycles. The number of anilines is 1. The van der Waals surface area contributed by atoms with Gasteiger partial charge in [0.2, 0.25) is 5.95 Å². The Bertz CT molecular complexity index is 1100. The van der Waals surface area contributed by atoms with E-state index >= 15 is 0 Å². The third kappa shape index (κ3) is 2.75. The maximum Gasteiger partial charge on any atom is 0.325 e. The molecule has 5 rings (SSSR count). The zero-order valence-corrected chi connectivity index (χ0v) is 16.2. The second kappa shape index (κ2) is 6.59. The summed E-state index contributed by atoms with van der Waals surface area (Å²) in [5.74, 6) is 0.781. The first-order valence-corrected chi connectivity index (χ1v) is 9.51. The van der Waals surface area contributed by atoms with Gasteiger partial charge >= 0.3 is 6.03 Å². The molecule has 29 heavy (non-hydrogen) atoms. The van der Waals surface area contributed by atoms with Crippen molar-refractivity contribution in [3.63, 3.8) is 0 Å². The number of hydrogen-bond acceptors (Lipinski definition) is 5. The number of amides is 3. The molecular formula is C20H17ClN6O2. The van der Waals surface area contributed by atoms with Crippen molar-refractivity contribution >= 4 is 29.5 Å². The lowest BCUT2D eigenvalue weighted by atomic mass is 10.1. The van der Waals surface area contributed by atoms with Gasteiger partial charge in [0.1, 0.15) is 6.17 Å². The fourth-order valence-corrected chi connectivity index (χ4v) is 4.07. The lowest BCUT2D eigenvalue weighted by molar-refractivity contribution is -0.124. The molecule has 2 aliphatic heterocycles. The van der Waals surface area contributed by atoms with Crippen LogP contribution >= 0.6 is 11.6 Å². The van der Waals surface area contributed by atoms with Gasteiger partial charge in [0.15, 0.2) is 11.9 Å². The Morgan fingerprint density at radius 1 is 1.03 bits per heavy atom. The Labute approximate surface area is 171 Å². The number of likely N-dealkylation sites (N-methyl/N-ethyl adjacent to an activating group) is 1. The van der Waals surface area contributed by atoms with E-state index in [0.29, 0.717) is 23.3 Å². The summed E-state index contributed by atoms with van der Waals surface area (Å²) in [4.78, 5) is 28.6. The van der Waals surface area contributed by atoms with Crippen LogP contribution in [0.3, 0.4) is 0 Å². The summed E-state index contributed by atoms with van der Waals surface area (Å²) in [6.45, 7) is 0.468. The van der Waals surface area contributed by atoms with E-state index in [-0.39, 0.29) is 5.91 Å². The van der Waals surface area contributed by atoms with Gasteiger partial charge in [0, 0.05) is 24.2 Å². The van der Waals surface area contributed by atoms with Crippen molar-refractivity contribution in [2.45, 2.75) is 18.8 Å². The molecular weight excluding hydrogens is 392 g/mol. The number of rotatable bonds is 3. The first-order chi connectivity index (χ1) is 14.0. The van der Waals surface area contributed by atoms with Gasteiger partial charge in [-0.05, 0) is 29.8 Å². The van der Waals surface area contributed by atoms with Crippen molar-refractivity contribution in [1.29, 1.82) is 0 Å². The number of nitrogens with one attached hydrogen (secondary N) is 1. The molecule has 1 saturated heterocycles. The lowest BCUT2D eigenvalue weighted by Gasteiger charge is -2.37. The highest BCUT2D eigenvalue weighted by Crippen LogP contribution is 2.41. The fraction of sp³-hybridized carbons (Fsp3) is 0.200. The molecule has 9 heteroatoms. The van der Waals surface area contributed by atoms with E-state index in [1.54, 1.807) is 19.2 Å². The summed E-state index contributed by atoms with van der Waals surface area (Å²) < 4.78 is 1.85. The van der Waals surface area contributed by atoms with Crippen LogP contribution in [0.15, 0.2) is 54.6 Å². The standard InChI is InChI=1S/C20H17ClN6O2/c1-25-18-15(17(28)22-20(25)29)26(11-12-5-3-2-4-6-12)19-24-23-16(27(18)19)13-7-9-14(21)10-8-13/h2-10,15,18H,11H2,1H3,(H,22,28,29). The molecule has 8 nitrogen and oxygen atoms in total. The molecule has 2 unspecified atom stereocenters. The van der Waals surface area contributed by atoms with Gasteiger partial charge in [-0.1, -0.05) is 41.9 Å². The molecule has 146 valence electrons. The molecule has 0 radical (unpaired) electrons. The summed E-state index contributed by atoms with van der Waals surface area (Å²) in [6.07, 6.45) is -0.546. The second-order valence-corrected chi connectivity index (χ2v) is 7.51. The van der Waals surface area contributed by atoms with Crippen molar-refractivity contribution in [3.05, 3.63) is 65.2 Å². The summed E-state index contributed by atoms with van der Waals surface area (Å²) in [7, 11) is 1.67. The Balaban J connectivity index is 1.65. The number of benzene rings is 2. The maximum absolute atomic E-state index is 12.8. The van der Waals surface area contributed by atoms with Crippen LogP contribution in [0.2, 0.25) is 5.02 Å². The third-order valence-electron chi connectivity index (χ3n) is 5.33. The molecule has 1 N–H and O–H groups in total. The monoisotopic (exact) mass is 408 g/mol. The molecule has 0 spiro atoms. The minimum absolute atomic E-state index is 0.346. The summed E-state index contributed by atoms with van der Waals surface area (Å²) >= 11 is 6.02. The zero-order valence-electron chi connectivity index (χ0n) is 15.5. The zero-order chi connectivity index (χ0) is 20.1. The topological polar surface area (TPSA) is 83.4 Å². The predicted molar refractivity (Wildman–Crippen MR) is 107 cm³/mol. The number of imide groups is 1. The van der Waals surface area contributed by atoms with E-state index < -0.39 is 18.2 Å². The minimum atomic E-state index is -0.602. The van der Waals surface area contributed by atoms with Crippen LogP contribution in [0.25, 0.3) is 11.4 Å². The molecule has 1 aromatic heterocycles. The Kier molecular flexibility index (Phi) is 4.02. The number of hydrogen-bond donors (Lipinski definition) is 1. The number of urea groups is 1. The number of carbonyl (C=O) groups is 2. The number of aromatic nitrogens is 3. The number of carbonyl (C=O) groups excluding carboxylic acids is 2. The highest BCUT2D eigenvalue weighted by atomic mass is 35.5. The molecule has 3 heterocycles. The third-order valence-corrected chi connectivity index (χ3v) is 5.58. The van der Waals surface area contributed by atoms with E-state index in [2.05, 4.69) is 15.5 Å². The molecule has 2 atom stereocenters. The fourth-order valence-electron chi connectivity index (χ4n) is 3.94. The van der Waals surface area contributed by atoms with E-state index in [4.69, 9.17) is 11.6 Å². The van der Waals surface area contributed by atoms with Crippen LogP contribution in [-0.2, 0) is 11.3 Å². The molecule has 2 aliphatic rings. The van der Waals surface area contributed by atoms with Gasteiger partial charge in [0.25, 0.3) is 5.91 Å². The number of halogens is 1. The van der Waals surface area contributed by atoms with Gasteiger partial charge in [-0.15, -0.1) is 10.2 Å². The second-order valence-electron chi connectivity index (χ2n) is 7.08. The smallest absolute Gasteiger partial charge is 0.321 e. The summed E-state index contributed by atoms with van der Waals surface area (Å²) in [5.41, 5.74) is 1.84. The van der Waals surface area contributed by atoms with Crippen LogP contribution in [0.1, 0.15) is 11.7 Å². The average Bonchev–Trinajstić information content (AvgIpc) is 3.27. The highest BCUT2D eigenvalue weighted by Gasteiger charge is 2.52. The quantitative estimate of drug-likeness (QED) is 0.720. The molecule has 3 aromatic rings. The van der Waals surface area contributed by atoms with Crippen LogP contribution in [-0.4, -0.2) is 44.7 Å². The van der Waals surface area contributed by atoms with Crippen LogP contribution in [0.5, 0.6) is 0 Å². The van der Waals surface area contributed by atoms with Gasteiger partial charge < -0.3 is 9.80 Å². The molecule has 3 amide bonds. The largest absolute Gasteiger partial charge is 0.325 e. The van der Waals surface area contributed by atoms with E-state index in [1.807, 2.05) is 51.9 Å². The minimum Gasteiger partial charge on any atom is -0.321 e. The average molecular weight is 409 g/mol. The van der Waals surface area contributed by atoms with E-state index in [1.165, 1.54) is 4.90 Å². The van der Waals surface area contributed by atoms with Gasteiger partial charge in [-0.3, -0.25) is 14.7 Å². The number of nitrogens with zero attached hydrogens (tertiary/aromatic N) is 5. The van der Waals surface area contributed by atoms with Gasteiger partial charge in [0.05, 0.1) is 0 Å². The SMILES string of the molecule is CN1C(=O)NC(=O)C2C1n1c(-c3ccc(Cl)cc3)nnc1N2Cc1ccccc1. The predicted octanol–water partition coefficient (Wildman–Crippen LogP) is 2.67. The first-order valence-electron chi connectivity index (χ1n) is 9.13. The molecule has 1 fully saturated rings. The first kappa shape index (κ1) is 17.7. The number of fused-ring (bicyclic) bond motifs is 3. The van der Waals surface area contributed by atoms with Gasteiger partial charge in [-0.25, -0.2) is 4.79 Å². The normalized spacial score (nSPS) is 20.5. The summed E-state index contributed by atoms with van der Waals surface area (Å²) in [6, 6.07) is 16.0. The van der Waals surface area contributed by atoms with Crippen molar-refractivity contribution in [2.24, 2.45) is 0 Å². The Hall–Kier alpha value is -3.39. The van der Waals surface area contributed by atoms with Crippen molar-refractivity contribution < 1.29 is 9.59 Å². The van der Waals surface area contributed by atoms with Crippen molar-refractivity contribution in [3.8, 4) is 11.4 Å². The molecule has 0 bridgehead atoms. The Morgan fingerprint density at radius 2 is 1.76 bits per heavy atom. The highest BCUT2D eigenvalue weighted by molar-refractivity contribution is 6.30. The molecule has 2 aromatic carbocycles. The van der Waals surface area contributed by atoms with Crippen LogP contribution in [0, 0.1) is 0 Å². The van der Waals surface area contributed by atoms with Gasteiger partial charge in [-0.2, -0.15) is 0 Å². The van der Waals surface area contributed by atoms with Crippen molar-refractivity contribution in [2.75, 3.05) is 11.9 Å². The maximum atomic E-state index is 12.8. The lowest BCUT2D eigenvalue weighted by Crippen LogP contribution is -2.61. The van der Waals surface area contributed by atoms with Crippen LogP contribution < -0.4 is 10.2 Å². The van der Waals surface area contributed by atoms with Crippen LogP contribution in [0.4, 0.5) is 10.7 Å². The van der Waals surface area contributed by atoms with Crippen molar-refractivity contribution in [1.82, 2.24) is 25.0 Å². The molecule has 0 saturated carbocycles. The summed E-state index contributed by atoms with van der Waals surface area (Å²) in [5, 5.41) is 11.8. The Morgan fingerprint density at radius 3 is 2.48 bits per heavy atom.